The van der Waals surface area contributed by atoms with Gasteiger partial charge in [-0.3, -0.25) is 19.7 Å². The number of nitrogens with one attached hydrogen (secondary N) is 2. The molecular weight excluding hydrogens is 521 g/mol. The molecule has 4 N–H and O–H groups in total. The van der Waals surface area contributed by atoms with Gasteiger partial charge in [0.2, 0.25) is 11.8 Å². The molecule has 1 aromatic rings. The lowest BCUT2D eigenvalue weighted by Crippen LogP contribution is -2.54. The van der Waals surface area contributed by atoms with Gasteiger partial charge in [-0.15, -0.1) is 0 Å². The summed E-state index contributed by atoms with van der Waals surface area (Å²) in [4.78, 5) is 47.1. The van der Waals surface area contributed by atoms with E-state index in [4.69, 9.17) is 0 Å². The van der Waals surface area contributed by atoms with E-state index in [1.807, 2.05) is 36.4 Å². The molecule has 0 fully saturated rings. The summed E-state index contributed by atoms with van der Waals surface area (Å²) >= 11 is 1.95. The van der Waals surface area contributed by atoms with Gasteiger partial charge in [-0.1, -0.05) is 48.6 Å². The summed E-state index contributed by atoms with van der Waals surface area (Å²) in [7, 11) is 0. The van der Waals surface area contributed by atoms with Crippen molar-refractivity contribution in [3.63, 3.8) is 0 Å². The summed E-state index contributed by atoms with van der Waals surface area (Å²) < 4.78 is 0.281. The summed E-state index contributed by atoms with van der Waals surface area (Å²) in [6.07, 6.45) is -0.138. The average Bonchev–Trinajstić information content (AvgIpc) is 2.66. The van der Waals surface area contributed by atoms with Gasteiger partial charge in [0.25, 0.3) is 5.69 Å². The molecule has 1 rings (SSSR count). The minimum Gasteiger partial charge on any atom is -0.480 e. The number of carboxylic acid groups (broad SMARTS) is 1. The molecule has 0 spiro atoms. The van der Waals surface area contributed by atoms with Crippen LogP contribution in [-0.4, -0.2) is 55.0 Å². The molecule has 2 amide bonds. The molecule has 10 nitrogen and oxygen atoms in total. The highest BCUT2D eigenvalue weighted by molar-refractivity contribution is 14.1. The quantitative estimate of drug-likeness (QED) is 0.134. The Balaban J connectivity index is 2.98. The zero-order chi connectivity index (χ0) is 23.8. The van der Waals surface area contributed by atoms with Crippen LogP contribution >= 0.6 is 22.6 Å². The fourth-order valence-electron chi connectivity index (χ4n) is 2.88. The first kappa shape index (κ1) is 26.8. The molecule has 0 aromatic heterocycles. The Bertz CT molecular complexity index is 814. The van der Waals surface area contributed by atoms with Gasteiger partial charge in [-0.05, 0) is 24.8 Å². The largest absolute Gasteiger partial charge is 0.480 e. The number of nitro benzene ring substituents is 1. The number of amides is 2. The molecule has 3 atom stereocenters. The number of hydrogen-bond acceptors (Lipinski definition) is 6. The fourth-order valence-corrected chi connectivity index (χ4v) is 3.19. The third-order valence-electron chi connectivity index (χ3n) is 4.39. The van der Waals surface area contributed by atoms with E-state index in [0.717, 1.165) is 0 Å². The number of carboxylic acids is 1. The number of halogens is 1. The summed E-state index contributed by atoms with van der Waals surface area (Å²) in [6, 6.07) is 3.26. The maximum absolute atomic E-state index is 12.8. The first-order valence-electron chi connectivity index (χ1n) is 9.69. The van der Waals surface area contributed by atoms with E-state index < -0.39 is 40.4 Å². The van der Waals surface area contributed by atoms with Crippen LogP contribution in [0, 0.1) is 16.0 Å². The van der Waals surface area contributed by atoms with E-state index in [1.54, 1.807) is 6.07 Å². The molecule has 0 bridgehead atoms. The molecule has 0 aliphatic heterocycles. The Hall–Kier alpha value is -2.28. The number of non-ortho nitro benzene ring substituents is 1. The zero-order valence-corrected chi connectivity index (χ0v) is 19.8. The predicted octanol–water partition coefficient (Wildman–Crippen LogP) is 1.81. The SMILES string of the molecule is CC(C)C[C@H](NC(=O)[C@H](CC(C)(O)CI)NC(=O)Cc1cccc([N+](=O)[O-])c1)C(=O)O. The number of nitro groups is 1. The van der Waals surface area contributed by atoms with Crippen LogP contribution in [0.4, 0.5) is 5.69 Å². The summed E-state index contributed by atoms with van der Waals surface area (Å²) in [5.74, 6) is -2.48. The third-order valence-corrected chi connectivity index (χ3v) is 6.03. The van der Waals surface area contributed by atoms with Crippen molar-refractivity contribution in [2.75, 3.05) is 4.43 Å². The van der Waals surface area contributed by atoms with Crippen molar-refractivity contribution in [2.45, 2.75) is 57.7 Å². The molecule has 0 saturated carbocycles. The van der Waals surface area contributed by atoms with Crippen LogP contribution in [0.5, 0.6) is 0 Å². The van der Waals surface area contributed by atoms with Crippen molar-refractivity contribution in [3.05, 3.63) is 39.9 Å². The van der Waals surface area contributed by atoms with E-state index in [9.17, 15) is 34.7 Å². The number of alkyl halides is 1. The van der Waals surface area contributed by atoms with Gasteiger partial charge in [-0.25, -0.2) is 4.79 Å². The van der Waals surface area contributed by atoms with Crippen molar-refractivity contribution < 1.29 is 29.5 Å². The molecule has 1 aromatic carbocycles. The highest BCUT2D eigenvalue weighted by Crippen LogP contribution is 2.17. The number of nitrogens with zero attached hydrogens (tertiary/aromatic N) is 1. The smallest absolute Gasteiger partial charge is 0.326 e. The molecule has 31 heavy (non-hydrogen) atoms. The number of carbonyl (C=O) groups excluding carboxylic acids is 2. The normalized spacial score (nSPS) is 14.9. The van der Waals surface area contributed by atoms with Gasteiger partial charge in [0.15, 0.2) is 0 Å². The van der Waals surface area contributed by atoms with Crippen LogP contribution in [0.2, 0.25) is 0 Å². The van der Waals surface area contributed by atoms with Gasteiger partial charge in [-0.2, -0.15) is 0 Å². The first-order valence-corrected chi connectivity index (χ1v) is 11.2. The number of aliphatic hydroxyl groups is 1. The zero-order valence-electron chi connectivity index (χ0n) is 17.6. The summed E-state index contributed by atoms with van der Waals surface area (Å²) in [6.45, 7) is 5.15. The van der Waals surface area contributed by atoms with E-state index in [2.05, 4.69) is 10.6 Å². The van der Waals surface area contributed by atoms with Crippen LogP contribution in [0.15, 0.2) is 24.3 Å². The van der Waals surface area contributed by atoms with Crippen LogP contribution in [0.25, 0.3) is 0 Å². The molecule has 172 valence electrons. The Morgan fingerprint density at radius 3 is 2.39 bits per heavy atom. The van der Waals surface area contributed by atoms with Gasteiger partial charge in [0.05, 0.1) is 16.9 Å². The molecule has 0 heterocycles. The molecular formula is C20H28IN3O7. The molecule has 0 radical (unpaired) electrons. The topological polar surface area (TPSA) is 159 Å². The van der Waals surface area contributed by atoms with Crippen molar-refractivity contribution >= 4 is 46.1 Å². The van der Waals surface area contributed by atoms with Crippen molar-refractivity contribution in [2.24, 2.45) is 5.92 Å². The minimum absolute atomic E-state index is 0.0146. The second-order valence-electron chi connectivity index (χ2n) is 8.09. The standard InChI is InChI=1S/C20H28IN3O7/c1-12(2)7-15(19(27)28)23-18(26)16(10-20(3,29)11-21)22-17(25)9-13-5-4-6-14(8-13)24(30)31/h4-6,8,12,15-16,29H,7,9-11H2,1-3H3,(H,22,25)(H,23,26)(H,27,28)/t15-,16-,20?/m0/s1. The lowest BCUT2D eigenvalue weighted by molar-refractivity contribution is -0.384. The van der Waals surface area contributed by atoms with Gasteiger partial charge in [0, 0.05) is 23.0 Å². The highest BCUT2D eigenvalue weighted by Gasteiger charge is 2.32. The van der Waals surface area contributed by atoms with Gasteiger partial charge < -0.3 is 20.8 Å². The Labute approximate surface area is 194 Å². The third kappa shape index (κ3) is 9.59. The molecule has 0 aliphatic rings. The Kier molecular flexibility index (Phi) is 10.3. The second-order valence-corrected chi connectivity index (χ2v) is 8.85. The number of rotatable bonds is 12. The number of benzene rings is 1. The van der Waals surface area contributed by atoms with E-state index in [1.165, 1.54) is 25.1 Å². The van der Waals surface area contributed by atoms with Crippen LogP contribution < -0.4 is 10.6 Å². The van der Waals surface area contributed by atoms with Crippen LogP contribution in [0.3, 0.4) is 0 Å². The van der Waals surface area contributed by atoms with Gasteiger partial charge >= 0.3 is 5.97 Å². The number of aliphatic carboxylic acids is 1. The van der Waals surface area contributed by atoms with Crippen LogP contribution in [0.1, 0.15) is 39.2 Å². The summed E-state index contributed by atoms with van der Waals surface area (Å²) in [5, 5.41) is 35.6. The lowest BCUT2D eigenvalue weighted by atomic mass is 9.97. The first-order chi connectivity index (χ1) is 14.3. The van der Waals surface area contributed by atoms with Crippen molar-refractivity contribution in [1.82, 2.24) is 10.6 Å². The lowest BCUT2D eigenvalue weighted by Gasteiger charge is -2.28. The Morgan fingerprint density at radius 2 is 1.87 bits per heavy atom. The molecule has 0 saturated heterocycles. The van der Waals surface area contributed by atoms with Crippen LogP contribution in [-0.2, 0) is 20.8 Å². The molecule has 11 heteroatoms. The van der Waals surface area contributed by atoms with Crippen molar-refractivity contribution in [1.29, 1.82) is 0 Å². The van der Waals surface area contributed by atoms with E-state index in [0.29, 0.717) is 5.56 Å². The maximum Gasteiger partial charge on any atom is 0.326 e. The van der Waals surface area contributed by atoms with E-state index in [-0.39, 0.29) is 35.3 Å². The molecule has 0 aliphatic carbocycles. The minimum atomic E-state index is -1.28. The maximum atomic E-state index is 12.8. The number of hydrogen-bond donors (Lipinski definition) is 4. The monoisotopic (exact) mass is 549 g/mol. The average molecular weight is 549 g/mol. The molecule has 1 unspecified atom stereocenters. The highest BCUT2D eigenvalue weighted by atomic mass is 127. The second kappa shape index (κ2) is 11.9. The fraction of sp³-hybridized carbons (Fsp3) is 0.550. The summed E-state index contributed by atoms with van der Waals surface area (Å²) in [5.41, 5.74) is -1.06. The number of carbonyl (C=O) groups is 3. The van der Waals surface area contributed by atoms with Crippen molar-refractivity contribution in [3.8, 4) is 0 Å². The van der Waals surface area contributed by atoms with Gasteiger partial charge in [0.1, 0.15) is 12.1 Å². The van der Waals surface area contributed by atoms with E-state index >= 15 is 0 Å². The predicted molar refractivity (Wildman–Crippen MR) is 122 cm³/mol. The Morgan fingerprint density at radius 1 is 1.23 bits per heavy atom.